The predicted molar refractivity (Wildman–Crippen MR) is 158 cm³/mol. The molecule has 6 rings (SSSR count). The number of aromatic nitrogens is 1. The fourth-order valence-corrected chi connectivity index (χ4v) is 6.08. The lowest BCUT2D eigenvalue weighted by Crippen LogP contribution is -2.51. The number of amides is 3. The maximum atomic E-state index is 13.4. The van der Waals surface area contributed by atoms with Crippen molar-refractivity contribution in [2.45, 2.75) is 19.4 Å². The van der Waals surface area contributed by atoms with E-state index < -0.39 is 0 Å². The molecule has 2 fully saturated rings. The van der Waals surface area contributed by atoms with Crippen molar-refractivity contribution in [1.29, 1.82) is 0 Å². The van der Waals surface area contributed by atoms with Crippen molar-refractivity contribution in [3.05, 3.63) is 101 Å². The summed E-state index contributed by atoms with van der Waals surface area (Å²) in [6, 6.07) is 19.5. The molecule has 0 atom stereocenters. The van der Waals surface area contributed by atoms with Crippen LogP contribution in [-0.4, -0.2) is 83.2 Å². The molecule has 0 saturated carbocycles. The monoisotopic (exact) mass is 549 g/mol. The number of carbonyl (C=O) groups is 3. The van der Waals surface area contributed by atoms with Crippen molar-refractivity contribution >= 4 is 29.5 Å². The lowest BCUT2D eigenvalue weighted by atomic mass is 9.93. The summed E-state index contributed by atoms with van der Waals surface area (Å²) in [5, 5.41) is 0. The van der Waals surface area contributed by atoms with Gasteiger partial charge in [0.1, 0.15) is 0 Å². The number of carbonyl (C=O) groups excluding carboxylic acids is 3. The van der Waals surface area contributed by atoms with Crippen molar-refractivity contribution in [3.8, 4) is 0 Å². The Morgan fingerprint density at radius 3 is 2.37 bits per heavy atom. The van der Waals surface area contributed by atoms with Crippen LogP contribution in [0.3, 0.4) is 0 Å². The largest absolute Gasteiger partial charge is 0.371 e. The Hall–Kier alpha value is -4.30. The summed E-state index contributed by atoms with van der Waals surface area (Å²) in [4.78, 5) is 51.9. The van der Waals surface area contributed by atoms with Crippen LogP contribution in [0, 0.1) is 5.92 Å². The molecule has 3 amide bonds. The van der Waals surface area contributed by atoms with Gasteiger partial charge in [-0.1, -0.05) is 54.6 Å². The molecule has 0 unspecified atom stereocenters. The first-order valence-corrected chi connectivity index (χ1v) is 14.4. The van der Waals surface area contributed by atoms with Crippen LogP contribution >= 0.6 is 0 Å². The van der Waals surface area contributed by atoms with Crippen LogP contribution in [0.2, 0.25) is 0 Å². The second-order valence-corrected chi connectivity index (χ2v) is 11.0. The lowest BCUT2D eigenvalue weighted by Gasteiger charge is -2.39. The molecule has 0 aliphatic carbocycles. The summed E-state index contributed by atoms with van der Waals surface area (Å²) in [5.74, 6) is -0.294. The van der Waals surface area contributed by atoms with Crippen LogP contribution in [0.25, 0.3) is 6.08 Å². The van der Waals surface area contributed by atoms with Gasteiger partial charge in [-0.05, 0) is 42.2 Å². The number of hydrogen-bond acceptors (Lipinski definition) is 6. The molecular formula is C33H35N5O3. The highest BCUT2D eigenvalue weighted by molar-refractivity contribution is 6.23. The number of imide groups is 1. The van der Waals surface area contributed by atoms with Crippen molar-refractivity contribution in [2.75, 3.05) is 50.7 Å². The fourth-order valence-electron chi connectivity index (χ4n) is 6.08. The number of rotatable bonds is 7. The number of fused-ring (bicyclic) bond motifs is 1. The fraction of sp³-hybridized carbons (Fsp3) is 0.333. The standard InChI is InChI=1S/C33H35N5O3/c39-31(37-21-19-35(20-22-37)16-6-10-25-7-2-1-3-8-25)27-13-17-36(18-14-27)29-12-4-11-28-30(29)33(41)38(32(28)40)24-26-9-5-15-34-23-26/h1-12,15,23,27H,13-14,16-22,24H2/b10-6+. The average Bonchev–Trinajstić information content (AvgIpc) is 3.27. The smallest absolute Gasteiger partial charge is 0.263 e. The number of piperazine rings is 1. The molecule has 0 radical (unpaired) electrons. The van der Waals surface area contributed by atoms with Gasteiger partial charge in [-0.3, -0.25) is 29.2 Å². The highest BCUT2D eigenvalue weighted by Gasteiger charge is 2.39. The molecule has 2 saturated heterocycles. The van der Waals surface area contributed by atoms with Gasteiger partial charge in [-0.25, -0.2) is 0 Å². The number of pyridine rings is 1. The summed E-state index contributed by atoms with van der Waals surface area (Å²) < 4.78 is 0. The molecular weight excluding hydrogens is 514 g/mol. The van der Waals surface area contributed by atoms with Gasteiger partial charge in [0.25, 0.3) is 11.8 Å². The minimum absolute atomic E-state index is 0.00745. The zero-order valence-corrected chi connectivity index (χ0v) is 23.2. The van der Waals surface area contributed by atoms with Crippen molar-refractivity contribution in [2.24, 2.45) is 5.92 Å². The van der Waals surface area contributed by atoms with Gasteiger partial charge in [0.2, 0.25) is 5.91 Å². The quantitative estimate of drug-likeness (QED) is 0.416. The van der Waals surface area contributed by atoms with Crippen LogP contribution in [0.15, 0.2) is 79.1 Å². The first kappa shape index (κ1) is 26.9. The zero-order chi connectivity index (χ0) is 28.2. The summed E-state index contributed by atoms with van der Waals surface area (Å²) >= 11 is 0. The topological polar surface area (TPSA) is 77.1 Å². The summed E-state index contributed by atoms with van der Waals surface area (Å²) in [6.07, 6.45) is 9.17. The van der Waals surface area contributed by atoms with Crippen molar-refractivity contribution < 1.29 is 14.4 Å². The molecule has 3 aliphatic rings. The van der Waals surface area contributed by atoms with Gasteiger partial charge in [-0.15, -0.1) is 0 Å². The minimum Gasteiger partial charge on any atom is -0.371 e. The summed E-state index contributed by atoms with van der Waals surface area (Å²) in [6.45, 7) is 5.73. The Labute approximate surface area is 240 Å². The van der Waals surface area contributed by atoms with E-state index in [-0.39, 0.29) is 30.2 Å². The Kier molecular flexibility index (Phi) is 7.91. The van der Waals surface area contributed by atoms with E-state index in [4.69, 9.17) is 0 Å². The van der Waals surface area contributed by atoms with E-state index >= 15 is 0 Å². The highest BCUT2D eigenvalue weighted by Crippen LogP contribution is 2.35. The minimum atomic E-state index is -0.268. The molecule has 0 bridgehead atoms. The lowest BCUT2D eigenvalue weighted by molar-refractivity contribution is -0.137. The third-order valence-corrected chi connectivity index (χ3v) is 8.38. The molecule has 41 heavy (non-hydrogen) atoms. The maximum absolute atomic E-state index is 13.4. The molecule has 8 nitrogen and oxygen atoms in total. The number of nitrogens with zero attached hydrogens (tertiary/aromatic N) is 5. The third-order valence-electron chi connectivity index (χ3n) is 8.38. The molecule has 210 valence electrons. The number of anilines is 1. The molecule has 8 heteroatoms. The molecule has 1 aromatic heterocycles. The number of hydrogen-bond donors (Lipinski definition) is 0. The van der Waals surface area contributed by atoms with E-state index in [0.29, 0.717) is 24.2 Å². The molecule has 2 aromatic carbocycles. The van der Waals surface area contributed by atoms with E-state index in [0.717, 1.165) is 56.8 Å². The van der Waals surface area contributed by atoms with E-state index in [1.807, 2.05) is 41.3 Å². The second-order valence-electron chi connectivity index (χ2n) is 11.0. The summed E-state index contributed by atoms with van der Waals surface area (Å²) in [7, 11) is 0. The van der Waals surface area contributed by atoms with E-state index in [2.05, 4.69) is 39.1 Å². The van der Waals surface area contributed by atoms with E-state index in [1.165, 1.54) is 10.5 Å². The highest BCUT2D eigenvalue weighted by atomic mass is 16.2. The van der Waals surface area contributed by atoms with Crippen LogP contribution in [0.4, 0.5) is 5.69 Å². The van der Waals surface area contributed by atoms with Crippen LogP contribution in [0.5, 0.6) is 0 Å². The van der Waals surface area contributed by atoms with Crippen LogP contribution in [-0.2, 0) is 11.3 Å². The zero-order valence-electron chi connectivity index (χ0n) is 23.2. The van der Waals surface area contributed by atoms with Gasteiger partial charge in [0.05, 0.1) is 23.4 Å². The predicted octanol–water partition coefficient (Wildman–Crippen LogP) is 3.95. The second kappa shape index (κ2) is 12.1. The molecule has 3 aliphatic heterocycles. The SMILES string of the molecule is O=C(C1CCN(c2cccc3c2C(=O)N(Cc2cccnc2)C3=O)CC1)N1CCN(C/C=C/c2ccccc2)CC1. The Balaban J connectivity index is 1.02. The van der Waals surface area contributed by atoms with Gasteiger partial charge in [0, 0.05) is 64.1 Å². The van der Waals surface area contributed by atoms with Crippen molar-refractivity contribution in [1.82, 2.24) is 19.7 Å². The van der Waals surface area contributed by atoms with Gasteiger partial charge >= 0.3 is 0 Å². The molecule has 0 spiro atoms. The molecule has 3 aromatic rings. The normalized spacial score (nSPS) is 18.4. The first-order chi connectivity index (χ1) is 20.1. The summed E-state index contributed by atoms with van der Waals surface area (Å²) in [5.41, 5.74) is 3.73. The first-order valence-electron chi connectivity index (χ1n) is 14.4. The third kappa shape index (κ3) is 5.79. The number of benzene rings is 2. The Morgan fingerprint density at radius 1 is 0.854 bits per heavy atom. The maximum Gasteiger partial charge on any atom is 0.263 e. The van der Waals surface area contributed by atoms with Gasteiger partial charge in [0.15, 0.2) is 0 Å². The Morgan fingerprint density at radius 2 is 1.63 bits per heavy atom. The van der Waals surface area contributed by atoms with E-state index in [1.54, 1.807) is 24.5 Å². The van der Waals surface area contributed by atoms with Crippen LogP contribution in [0.1, 0.15) is 44.7 Å². The van der Waals surface area contributed by atoms with Crippen molar-refractivity contribution in [3.63, 3.8) is 0 Å². The van der Waals surface area contributed by atoms with Gasteiger partial charge in [-0.2, -0.15) is 0 Å². The number of piperidine rings is 1. The van der Waals surface area contributed by atoms with Gasteiger partial charge < -0.3 is 9.80 Å². The Bertz CT molecular complexity index is 1430. The van der Waals surface area contributed by atoms with E-state index in [9.17, 15) is 14.4 Å². The van der Waals surface area contributed by atoms with Crippen LogP contribution < -0.4 is 4.90 Å². The average molecular weight is 550 g/mol. The molecule has 4 heterocycles. The molecule has 0 N–H and O–H groups in total.